The Kier molecular flexibility index (Phi) is 5.89. The van der Waals surface area contributed by atoms with Crippen LogP contribution in [0.25, 0.3) is 0 Å². The molecule has 2 rings (SSSR count). The molecule has 2 saturated carbocycles. The summed E-state index contributed by atoms with van der Waals surface area (Å²) >= 11 is 0. The van der Waals surface area contributed by atoms with E-state index in [0.717, 1.165) is 47.3 Å². The lowest BCUT2D eigenvalue weighted by atomic mass is 9.50. The van der Waals surface area contributed by atoms with Gasteiger partial charge in [-0.1, -0.05) is 82.1 Å². The second kappa shape index (κ2) is 6.96. The summed E-state index contributed by atoms with van der Waals surface area (Å²) in [5.74, 6) is 7.22. The van der Waals surface area contributed by atoms with E-state index in [2.05, 4.69) is 69.2 Å². The summed E-state index contributed by atoms with van der Waals surface area (Å²) in [6, 6.07) is 0. The van der Waals surface area contributed by atoms with Gasteiger partial charge in [-0.3, -0.25) is 0 Å². The van der Waals surface area contributed by atoms with Crippen molar-refractivity contribution in [3.05, 3.63) is 0 Å². The van der Waals surface area contributed by atoms with E-state index in [9.17, 15) is 0 Å². The SMILES string of the molecule is CC1CCC(C(C)(C)C)C(C)C1C1C(C)CCC(C(C)(C)C)C1C. The van der Waals surface area contributed by atoms with E-state index in [1.807, 2.05) is 0 Å². The molecule has 0 aromatic heterocycles. The van der Waals surface area contributed by atoms with E-state index in [1.54, 1.807) is 0 Å². The summed E-state index contributed by atoms with van der Waals surface area (Å²) < 4.78 is 0. The Bertz CT molecular complexity index is 367. The zero-order chi connectivity index (χ0) is 18.4. The van der Waals surface area contributed by atoms with Gasteiger partial charge in [0.25, 0.3) is 0 Å². The van der Waals surface area contributed by atoms with Gasteiger partial charge in [0, 0.05) is 0 Å². The summed E-state index contributed by atoms with van der Waals surface area (Å²) in [7, 11) is 0. The summed E-state index contributed by atoms with van der Waals surface area (Å²) in [6.07, 6.45) is 5.79. The molecule has 0 heterocycles. The lowest BCUT2D eigenvalue weighted by Crippen LogP contribution is -2.49. The molecular formula is C24H46. The number of rotatable bonds is 1. The van der Waals surface area contributed by atoms with Crippen molar-refractivity contribution in [2.45, 2.75) is 94.9 Å². The molecule has 2 aliphatic rings. The maximum absolute atomic E-state index is 2.61. The van der Waals surface area contributed by atoms with Gasteiger partial charge in [-0.25, -0.2) is 0 Å². The average Bonchev–Trinajstić information content (AvgIpc) is 2.38. The first-order chi connectivity index (χ1) is 10.9. The zero-order valence-corrected chi connectivity index (χ0v) is 18.4. The van der Waals surface area contributed by atoms with E-state index >= 15 is 0 Å². The average molecular weight is 335 g/mol. The highest BCUT2D eigenvalue weighted by atomic mass is 14.5. The van der Waals surface area contributed by atoms with Crippen molar-refractivity contribution in [2.75, 3.05) is 0 Å². The highest BCUT2D eigenvalue weighted by molar-refractivity contribution is 4.98. The Labute approximate surface area is 153 Å². The molecule has 0 saturated heterocycles. The molecule has 0 aliphatic heterocycles. The minimum absolute atomic E-state index is 0.461. The molecule has 0 amide bonds. The van der Waals surface area contributed by atoms with Crippen LogP contribution in [0.2, 0.25) is 0 Å². The van der Waals surface area contributed by atoms with Gasteiger partial charge in [0.15, 0.2) is 0 Å². The van der Waals surface area contributed by atoms with Gasteiger partial charge in [0.2, 0.25) is 0 Å². The molecule has 8 unspecified atom stereocenters. The molecule has 0 heteroatoms. The fourth-order valence-corrected chi connectivity index (χ4v) is 7.27. The molecule has 24 heavy (non-hydrogen) atoms. The minimum Gasteiger partial charge on any atom is -0.0622 e. The first kappa shape index (κ1) is 20.3. The third-order valence-electron chi connectivity index (χ3n) is 8.33. The standard InChI is InChI=1S/C24H46/c1-15-11-13-19(23(5,6)7)17(3)21(15)22-16(2)12-14-20(18(22)4)24(8,9)10/h15-22H,11-14H2,1-10H3. The van der Waals surface area contributed by atoms with Crippen molar-refractivity contribution >= 4 is 0 Å². The molecule has 0 bridgehead atoms. The summed E-state index contributed by atoms with van der Waals surface area (Å²) in [5.41, 5.74) is 0.921. The monoisotopic (exact) mass is 334 g/mol. The summed E-state index contributed by atoms with van der Waals surface area (Å²) in [4.78, 5) is 0. The van der Waals surface area contributed by atoms with Crippen molar-refractivity contribution in [1.82, 2.24) is 0 Å². The Balaban J connectivity index is 2.31. The van der Waals surface area contributed by atoms with Crippen LogP contribution in [0.1, 0.15) is 94.9 Å². The fraction of sp³-hybridized carbons (Fsp3) is 1.00. The second-order valence-electron chi connectivity index (χ2n) is 11.9. The van der Waals surface area contributed by atoms with Crippen LogP contribution >= 0.6 is 0 Å². The third-order valence-corrected chi connectivity index (χ3v) is 8.33. The zero-order valence-electron chi connectivity index (χ0n) is 18.4. The Hall–Kier alpha value is 0. The quantitative estimate of drug-likeness (QED) is 0.461. The first-order valence-corrected chi connectivity index (χ1v) is 10.9. The van der Waals surface area contributed by atoms with Gasteiger partial charge >= 0.3 is 0 Å². The molecule has 0 aromatic carbocycles. The predicted octanol–water partition coefficient (Wildman–Crippen LogP) is 7.68. The van der Waals surface area contributed by atoms with Crippen molar-refractivity contribution < 1.29 is 0 Å². The predicted molar refractivity (Wildman–Crippen MR) is 108 cm³/mol. The maximum Gasteiger partial charge on any atom is -0.0326 e. The van der Waals surface area contributed by atoms with Gasteiger partial charge in [-0.15, -0.1) is 0 Å². The molecule has 0 nitrogen and oxygen atoms in total. The molecule has 0 aromatic rings. The maximum atomic E-state index is 2.61. The summed E-state index contributed by atoms with van der Waals surface area (Å²) in [6.45, 7) is 25.2. The lowest BCUT2D eigenvalue weighted by Gasteiger charge is -2.55. The highest BCUT2D eigenvalue weighted by Crippen LogP contribution is 2.56. The molecule has 8 atom stereocenters. The smallest absolute Gasteiger partial charge is 0.0326 e. The Morgan fingerprint density at radius 1 is 0.500 bits per heavy atom. The van der Waals surface area contributed by atoms with E-state index in [4.69, 9.17) is 0 Å². The van der Waals surface area contributed by atoms with Crippen LogP contribution in [0.5, 0.6) is 0 Å². The molecule has 2 aliphatic carbocycles. The molecule has 142 valence electrons. The molecule has 0 radical (unpaired) electrons. The van der Waals surface area contributed by atoms with E-state index in [-0.39, 0.29) is 0 Å². The third kappa shape index (κ3) is 3.88. The van der Waals surface area contributed by atoms with Crippen LogP contribution in [-0.2, 0) is 0 Å². The van der Waals surface area contributed by atoms with Crippen molar-refractivity contribution in [1.29, 1.82) is 0 Å². The van der Waals surface area contributed by atoms with E-state index in [1.165, 1.54) is 25.7 Å². The van der Waals surface area contributed by atoms with E-state index < -0.39 is 0 Å². The van der Waals surface area contributed by atoms with Crippen LogP contribution in [0.15, 0.2) is 0 Å². The van der Waals surface area contributed by atoms with Gasteiger partial charge < -0.3 is 0 Å². The lowest BCUT2D eigenvalue weighted by molar-refractivity contribution is -0.0663. The van der Waals surface area contributed by atoms with Crippen molar-refractivity contribution in [3.63, 3.8) is 0 Å². The first-order valence-electron chi connectivity index (χ1n) is 10.9. The van der Waals surface area contributed by atoms with E-state index in [0.29, 0.717) is 10.8 Å². The molecule has 0 N–H and O–H groups in total. The van der Waals surface area contributed by atoms with Crippen LogP contribution < -0.4 is 0 Å². The Morgan fingerprint density at radius 2 is 0.792 bits per heavy atom. The summed E-state index contributed by atoms with van der Waals surface area (Å²) in [5, 5.41) is 0. The van der Waals surface area contributed by atoms with Crippen LogP contribution in [0, 0.1) is 58.2 Å². The van der Waals surface area contributed by atoms with Gasteiger partial charge in [0.1, 0.15) is 0 Å². The van der Waals surface area contributed by atoms with Crippen molar-refractivity contribution in [3.8, 4) is 0 Å². The normalized spacial score (nSPS) is 45.2. The van der Waals surface area contributed by atoms with Crippen LogP contribution in [0.4, 0.5) is 0 Å². The fourth-order valence-electron chi connectivity index (χ4n) is 7.27. The number of hydrogen-bond acceptors (Lipinski definition) is 0. The molecule has 2 fully saturated rings. The topological polar surface area (TPSA) is 0 Å². The van der Waals surface area contributed by atoms with Gasteiger partial charge in [-0.05, 0) is 71.0 Å². The molecule has 0 spiro atoms. The van der Waals surface area contributed by atoms with Gasteiger partial charge in [0.05, 0.1) is 0 Å². The molecular weight excluding hydrogens is 288 g/mol. The number of hydrogen-bond donors (Lipinski definition) is 0. The second-order valence-corrected chi connectivity index (χ2v) is 11.9. The largest absolute Gasteiger partial charge is 0.0622 e. The Morgan fingerprint density at radius 3 is 1.04 bits per heavy atom. The highest BCUT2D eigenvalue weighted by Gasteiger charge is 2.49. The van der Waals surface area contributed by atoms with Crippen LogP contribution in [-0.4, -0.2) is 0 Å². The van der Waals surface area contributed by atoms with Crippen molar-refractivity contribution in [2.24, 2.45) is 58.2 Å². The van der Waals surface area contributed by atoms with Gasteiger partial charge in [-0.2, -0.15) is 0 Å². The van der Waals surface area contributed by atoms with Crippen LogP contribution in [0.3, 0.4) is 0 Å². The minimum atomic E-state index is 0.461.